The Morgan fingerprint density at radius 2 is 1.56 bits per heavy atom. The number of carbonyl (C=O) groups is 2. The summed E-state index contributed by atoms with van der Waals surface area (Å²) in [6, 6.07) is 18.7. The molecule has 1 heterocycles. The number of hydrogen-bond donors (Lipinski definition) is 2. The monoisotopic (exact) mass is 466 g/mol. The lowest BCUT2D eigenvalue weighted by molar-refractivity contribution is 0.102. The molecule has 2 N–H and O–H groups in total. The minimum Gasteiger partial charge on any atom is -0.358 e. The van der Waals surface area contributed by atoms with Crippen LogP contribution in [0.2, 0.25) is 10.0 Å². The second kappa shape index (κ2) is 9.42. The summed E-state index contributed by atoms with van der Waals surface area (Å²) in [5.74, 6) is 0.180. The molecule has 0 saturated heterocycles. The van der Waals surface area contributed by atoms with Crippen LogP contribution in [0.3, 0.4) is 0 Å². The average molecular weight is 467 g/mol. The zero-order valence-corrected chi connectivity index (χ0v) is 18.7. The van der Waals surface area contributed by atoms with Crippen LogP contribution in [0.1, 0.15) is 26.3 Å². The van der Waals surface area contributed by atoms with E-state index in [1.807, 2.05) is 19.2 Å². The summed E-state index contributed by atoms with van der Waals surface area (Å²) in [4.78, 5) is 32.2. The number of carbonyl (C=O) groups excluding carboxylic acids is 2. The van der Waals surface area contributed by atoms with Crippen molar-refractivity contribution in [3.05, 3.63) is 93.5 Å². The molecule has 0 fully saturated rings. The van der Waals surface area contributed by atoms with Crippen molar-refractivity contribution < 1.29 is 9.59 Å². The van der Waals surface area contributed by atoms with Crippen molar-refractivity contribution in [1.29, 1.82) is 0 Å². The molecule has 3 aromatic rings. The Morgan fingerprint density at radius 3 is 2.22 bits per heavy atom. The van der Waals surface area contributed by atoms with Crippen LogP contribution in [-0.4, -0.2) is 42.7 Å². The topological polar surface area (TPSA) is 73.8 Å². The van der Waals surface area contributed by atoms with E-state index in [2.05, 4.69) is 20.5 Å². The first kappa shape index (κ1) is 21.9. The molecule has 1 aliphatic rings. The zero-order chi connectivity index (χ0) is 22.7. The molecule has 0 aromatic heterocycles. The van der Waals surface area contributed by atoms with Gasteiger partial charge in [0.25, 0.3) is 11.8 Å². The highest BCUT2D eigenvalue weighted by molar-refractivity contribution is 6.31. The van der Waals surface area contributed by atoms with Gasteiger partial charge in [-0.25, -0.2) is 0 Å². The number of amides is 2. The number of hydrogen-bond acceptors (Lipinski definition) is 4. The molecule has 8 heteroatoms. The van der Waals surface area contributed by atoms with E-state index in [9.17, 15) is 9.59 Å². The number of anilines is 2. The molecule has 0 bridgehead atoms. The molecule has 0 unspecified atom stereocenters. The molecule has 3 aromatic carbocycles. The van der Waals surface area contributed by atoms with Gasteiger partial charge in [0, 0.05) is 40.5 Å². The van der Waals surface area contributed by atoms with Crippen molar-refractivity contribution in [2.45, 2.75) is 0 Å². The standard InChI is InChI=1S/C24H20Cl2N4O2/c1-30-13-12-27-22(30)15-2-4-16(5-3-15)23(31)29-21-11-8-18(26)14-20(21)24(32)28-19-9-6-17(25)7-10-19/h2-11,14H,12-13H2,1H3,(H,28,32)(H,29,31). The smallest absolute Gasteiger partial charge is 0.257 e. The van der Waals surface area contributed by atoms with Gasteiger partial charge in [0.1, 0.15) is 5.84 Å². The third-order valence-corrected chi connectivity index (χ3v) is 5.53. The first-order valence-corrected chi connectivity index (χ1v) is 10.7. The van der Waals surface area contributed by atoms with Crippen LogP contribution >= 0.6 is 23.2 Å². The lowest BCUT2D eigenvalue weighted by Gasteiger charge is -2.14. The fraction of sp³-hybridized carbons (Fsp3) is 0.125. The maximum atomic E-state index is 12.8. The third kappa shape index (κ3) is 4.93. The first-order chi connectivity index (χ1) is 15.4. The third-order valence-electron chi connectivity index (χ3n) is 5.04. The van der Waals surface area contributed by atoms with Crippen LogP contribution in [0.4, 0.5) is 11.4 Å². The molecule has 0 spiro atoms. The van der Waals surface area contributed by atoms with Crippen molar-refractivity contribution in [2.75, 3.05) is 30.8 Å². The number of aliphatic imine (C=N–C) groups is 1. The Balaban J connectivity index is 1.52. The zero-order valence-electron chi connectivity index (χ0n) is 17.2. The van der Waals surface area contributed by atoms with Crippen LogP contribution in [-0.2, 0) is 0 Å². The number of benzene rings is 3. The summed E-state index contributed by atoms with van der Waals surface area (Å²) in [7, 11) is 1.99. The second-order valence-corrected chi connectivity index (χ2v) is 8.18. The average Bonchev–Trinajstić information content (AvgIpc) is 3.22. The van der Waals surface area contributed by atoms with Gasteiger partial charge in [-0.15, -0.1) is 0 Å². The fourth-order valence-corrected chi connectivity index (χ4v) is 3.65. The van der Waals surface area contributed by atoms with Crippen molar-refractivity contribution in [3.8, 4) is 0 Å². The van der Waals surface area contributed by atoms with E-state index in [1.54, 1.807) is 48.5 Å². The highest BCUT2D eigenvalue weighted by Crippen LogP contribution is 2.24. The van der Waals surface area contributed by atoms with Gasteiger partial charge in [-0.2, -0.15) is 0 Å². The second-order valence-electron chi connectivity index (χ2n) is 7.31. The molecule has 1 aliphatic heterocycles. The predicted octanol–water partition coefficient (Wildman–Crippen LogP) is 5.19. The molecule has 0 aliphatic carbocycles. The molecule has 0 atom stereocenters. The number of halogens is 2. The van der Waals surface area contributed by atoms with Gasteiger partial charge in [-0.1, -0.05) is 35.3 Å². The van der Waals surface area contributed by atoms with E-state index in [0.717, 1.165) is 24.5 Å². The van der Waals surface area contributed by atoms with E-state index in [-0.39, 0.29) is 11.5 Å². The Hall–Kier alpha value is -3.35. The highest BCUT2D eigenvalue weighted by Gasteiger charge is 2.17. The van der Waals surface area contributed by atoms with Gasteiger partial charge < -0.3 is 15.5 Å². The summed E-state index contributed by atoms with van der Waals surface area (Å²) in [6.45, 7) is 1.65. The van der Waals surface area contributed by atoms with Gasteiger partial charge in [0.15, 0.2) is 0 Å². The van der Waals surface area contributed by atoms with Crippen molar-refractivity contribution in [3.63, 3.8) is 0 Å². The molecule has 4 rings (SSSR count). The first-order valence-electron chi connectivity index (χ1n) is 9.94. The van der Waals surface area contributed by atoms with Crippen LogP contribution in [0, 0.1) is 0 Å². The highest BCUT2D eigenvalue weighted by atomic mass is 35.5. The Kier molecular flexibility index (Phi) is 6.44. The Bertz CT molecular complexity index is 1190. The van der Waals surface area contributed by atoms with Crippen LogP contribution in [0.25, 0.3) is 0 Å². The maximum absolute atomic E-state index is 12.8. The van der Waals surface area contributed by atoms with Crippen molar-refractivity contribution in [2.24, 2.45) is 4.99 Å². The van der Waals surface area contributed by atoms with E-state index < -0.39 is 5.91 Å². The van der Waals surface area contributed by atoms with Gasteiger partial charge in [0.05, 0.1) is 17.8 Å². The molecule has 0 radical (unpaired) electrons. The van der Waals surface area contributed by atoms with Crippen LogP contribution < -0.4 is 10.6 Å². The van der Waals surface area contributed by atoms with Gasteiger partial charge in [-0.05, 0) is 54.6 Å². The lowest BCUT2D eigenvalue weighted by atomic mass is 10.1. The van der Waals surface area contributed by atoms with Crippen LogP contribution in [0.5, 0.6) is 0 Å². The van der Waals surface area contributed by atoms with Crippen molar-refractivity contribution in [1.82, 2.24) is 4.90 Å². The normalized spacial score (nSPS) is 13.0. The SMILES string of the molecule is CN1CCN=C1c1ccc(C(=O)Nc2ccc(Cl)cc2C(=O)Nc2ccc(Cl)cc2)cc1. The van der Waals surface area contributed by atoms with Gasteiger partial charge in [-0.3, -0.25) is 14.6 Å². The van der Waals surface area contributed by atoms with E-state index >= 15 is 0 Å². The number of rotatable bonds is 5. The quantitative estimate of drug-likeness (QED) is 0.543. The predicted molar refractivity (Wildman–Crippen MR) is 129 cm³/mol. The van der Waals surface area contributed by atoms with E-state index in [4.69, 9.17) is 23.2 Å². The lowest BCUT2D eigenvalue weighted by Crippen LogP contribution is -2.23. The van der Waals surface area contributed by atoms with Gasteiger partial charge >= 0.3 is 0 Å². The number of likely N-dealkylation sites (N-methyl/N-ethyl adjacent to an activating group) is 1. The summed E-state index contributed by atoms with van der Waals surface area (Å²) >= 11 is 12.0. The summed E-state index contributed by atoms with van der Waals surface area (Å²) in [5, 5.41) is 6.54. The number of nitrogens with one attached hydrogen (secondary N) is 2. The molecule has 0 saturated carbocycles. The van der Waals surface area contributed by atoms with Crippen molar-refractivity contribution >= 4 is 52.2 Å². The maximum Gasteiger partial charge on any atom is 0.257 e. The summed E-state index contributed by atoms with van der Waals surface area (Å²) in [6.07, 6.45) is 0. The van der Waals surface area contributed by atoms with E-state index in [1.165, 1.54) is 6.07 Å². The Morgan fingerprint density at radius 1 is 0.875 bits per heavy atom. The minimum atomic E-state index is -0.400. The van der Waals surface area contributed by atoms with Crippen LogP contribution in [0.15, 0.2) is 71.7 Å². The molecular formula is C24H20Cl2N4O2. The number of amidine groups is 1. The van der Waals surface area contributed by atoms with Gasteiger partial charge in [0.2, 0.25) is 0 Å². The fourth-order valence-electron chi connectivity index (χ4n) is 3.35. The summed E-state index contributed by atoms with van der Waals surface area (Å²) in [5.41, 5.74) is 2.60. The molecule has 32 heavy (non-hydrogen) atoms. The molecule has 162 valence electrons. The van der Waals surface area contributed by atoms with E-state index in [0.29, 0.717) is 27.0 Å². The largest absolute Gasteiger partial charge is 0.358 e. The molecule has 2 amide bonds. The number of nitrogens with zero attached hydrogens (tertiary/aromatic N) is 2. The minimum absolute atomic E-state index is 0.249. The molecular weight excluding hydrogens is 447 g/mol. The molecule has 6 nitrogen and oxygen atoms in total. The Labute approximate surface area is 195 Å². The summed E-state index contributed by atoms with van der Waals surface area (Å²) < 4.78 is 0.